The Kier molecular flexibility index (Phi) is 4.74. The van der Waals surface area contributed by atoms with Gasteiger partial charge in [0.1, 0.15) is 0 Å². The van der Waals surface area contributed by atoms with Crippen molar-refractivity contribution in [2.75, 3.05) is 11.5 Å². The van der Waals surface area contributed by atoms with Gasteiger partial charge in [0.05, 0.1) is 4.58 Å². The summed E-state index contributed by atoms with van der Waals surface area (Å²) in [6, 6.07) is 0. The average molecular weight is 212 g/mol. The standard InChI is InChI=1S/C11H16S2/c1-4-10(8-9(2)3)11-12-6-5-7-13-11/h4,8,11H,1-2,5-7H2,3H3/b10-8+. The van der Waals surface area contributed by atoms with Crippen molar-refractivity contribution in [1.82, 2.24) is 0 Å². The predicted molar refractivity (Wildman–Crippen MR) is 66.4 cm³/mol. The molecule has 0 radical (unpaired) electrons. The van der Waals surface area contributed by atoms with Gasteiger partial charge >= 0.3 is 0 Å². The van der Waals surface area contributed by atoms with Crippen LogP contribution in [0.5, 0.6) is 0 Å². The smallest absolute Gasteiger partial charge is 0.0751 e. The Balaban J connectivity index is 2.64. The minimum absolute atomic E-state index is 0.586. The lowest BCUT2D eigenvalue weighted by Gasteiger charge is -2.21. The van der Waals surface area contributed by atoms with Crippen LogP contribution in [0.3, 0.4) is 0 Å². The van der Waals surface area contributed by atoms with Crippen molar-refractivity contribution in [3.05, 3.63) is 36.5 Å². The van der Waals surface area contributed by atoms with Gasteiger partial charge in [0.25, 0.3) is 0 Å². The van der Waals surface area contributed by atoms with E-state index in [2.05, 4.69) is 19.2 Å². The molecule has 0 atom stereocenters. The van der Waals surface area contributed by atoms with Gasteiger partial charge in [-0.1, -0.05) is 30.9 Å². The predicted octanol–water partition coefficient (Wildman–Crippen LogP) is 3.87. The van der Waals surface area contributed by atoms with Crippen LogP contribution in [-0.2, 0) is 0 Å². The molecule has 0 saturated carbocycles. The molecule has 0 aromatic heterocycles. The Hall–Kier alpha value is -0.0800. The van der Waals surface area contributed by atoms with E-state index in [-0.39, 0.29) is 0 Å². The van der Waals surface area contributed by atoms with E-state index < -0.39 is 0 Å². The van der Waals surface area contributed by atoms with Gasteiger partial charge in [0.15, 0.2) is 0 Å². The van der Waals surface area contributed by atoms with Gasteiger partial charge in [-0.15, -0.1) is 23.5 Å². The minimum Gasteiger partial charge on any atom is -0.143 e. The van der Waals surface area contributed by atoms with Crippen LogP contribution in [0.2, 0.25) is 0 Å². The van der Waals surface area contributed by atoms with Gasteiger partial charge in [-0.2, -0.15) is 0 Å². The van der Waals surface area contributed by atoms with Crippen LogP contribution in [0.4, 0.5) is 0 Å². The molecule has 0 aromatic rings. The Morgan fingerprint density at radius 1 is 1.38 bits per heavy atom. The first-order valence-electron chi connectivity index (χ1n) is 4.47. The maximum absolute atomic E-state index is 3.90. The molecule has 13 heavy (non-hydrogen) atoms. The fraction of sp³-hybridized carbons (Fsp3) is 0.455. The van der Waals surface area contributed by atoms with E-state index in [0.717, 1.165) is 5.57 Å². The molecule has 0 amide bonds. The summed E-state index contributed by atoms with van der Waals surface area (Å²) in [6.45, 7) is 9.78. The summed E-state index contributed by atoms with van der Waals surface area (Å²) in [4.78, 5) is 0. The zero-order chi connectivity index (χ0) is 9.68. The van der Waals surface area contributed by atoms with Gasteiger partial charge in [-0.3, -0.25) is 0 Å². The van der Waals surface area contributed by atoms with Crippen molar-refractivity contribution >= 4 is 23.5 Å². The SMILES string of the molecule is C=C/C(=C\C(=C)C)C1SCCCS1. The lowest BCUT2D eigenvalue weighted by Crippen LogP contribution is -2.08. The van der Waals surface area contributed by atoms with Gasteiger partial charge < -0.3 is 0 Å². The van der Waals surface area contributed by atoms with Crippen LogP contribution in [-0.4, -0.2) is 16.1 Å². The van der Waals surface area contributed by atoms with Gasteiger partial charge in [-0.05, 0) is 30.4 Å². The lowest BCUT2D eigenvalue weighted by atomic mass is 10.2. The molecular formula is C11H16S2. The zero-order valence-corrected chi connectivity index (χ0v) is 9.72. The number of thioether (sulfide) groups is 2. The van der Waals surface area contributed by atoms with Gasteiger partial charge in [0, 0.05) is 0 Å². The summed E-state index contributed by atoms with van der Waals surface area (Å²) in [5.41, 5.74) is 2.43. The molecule has 1 aliphatic rings. The second-order valence-corrected chi connectivity index (χ2v) is 5.85. The summed E-state index contributed by atoms with van der Waals surface area (Å²) < 4.78 is 0.586. The van der Waals surface area contributed by atoms with E-state index in [0.29, 0.717) is 4.58 Å². The third kappa shape index (κ3) is 3.65. The van der Waals surface area contributed by atoms with Crippen LogP contribution >= 0.6 is 23.5 Å². The van der Waals surface area contributed by atoms with Crippen LogP contribution in [0.15, 0.2) is 36.5 Å². The second-order valence-electron chi connectivity index (χ2n) is 3.12. The zero-order valence-electron chi connectivity index (χ0n) is 8.08. The summed E-state index contributed by atoms with van der Waals surface area (Å²) in [6.07, 6.45) is 5.44. The van der Waals surface area contributed by atoms with E-state index in [1.165, 1.54) is 23.5 Å². The monoisotopic (exact) mass is 212 g/mol. The average Bonchev–Trinajstić information content (AvgIpc) is 2.15. The third-order valence-electron chi connectivity index (χ3n) is 1.75. The topological polar surface area (TPSA) is 0 Å². The summed E-state index contributed by atoms with van der Waals surface area (Å²) in [5, 5.41) is 0. The number of hydrogen-bond acceptors (Lipinski definition) is 2. The largest absolute Gasteiger partial charge is 0.143 e. The molecule has 0 nitrogen and oxygen atoms in total. The number of rotatable bonds is 3. The second kappa shape index (κ2) is 5.61. The highest BCUT2D eigenvalue weighted by Crippen LogP contribution is 2.36. The number of hydrogen-bond donors (Lipinski definition) is 0. The first-order valence-corrected chi connectivity index (χ1v) is 6.56. The first-order chi connectivity index (χ1) is 6.24. The van der Waals surface area contributed by atoms with E-state index >= 15 is 0 Å². The van der Waals surface area contributed by atoms with Crippen molar-refractivity contribution in [3.63, 3.8) is 0 Å². The van der Waals surface area contributed by atoms with E-state index in [9.17, 15) is 0 Å². The molecule has 0 aromatic carbocycles. The van der Waals surface area contributed by atoms with Crippen molar-refractivity contribution in [2.24, 2.45) is 0 Å². The highest BCUT2D eigenvalue weighted by atomic mass is 32.2. The molecule has 0 N–H and O–H groups in total. The van der Waals surface area contributed by atoms with Crippen molar-refractivity contribution in [2.45, 2.75) is 17.9 Å². The minimum atomic E-state index is 0.586. The molecule has 1 aliphatic heterocycles. The maximum atomic E-state index is 3.90. The fourth-order valence-electron chi connectivity index (χ4n) is 1.19. The van der Waals surface area contributed by atoms with Crippen LogP contribution < -0.4 is 0 Å². The van der Waals surface area contributed by atoms with Crippen molar-refractivity contribution < 1.29 is 0 Å². The fourth-order valence-corrected chi connectivity index (χ4v) is 4.10. The van der Waals surface area contributed by atoms with Crippen LogP contribution in [0, 0.1) is 0 Å². The lowest BCUT2D eigenvalue weighted by molar-refractivity contribution is 1.10. The molecule has 1 fully saturated rings. The van der Waals surface area contributed by atoms with Gasteiger partial charge in [-0.25, -0.2) is 0 Å². The highest BCUT2D eigenvalue weighted by molar-refractivity contribution is 8.17. The summed E-state index contributed by atoms with van der Waals surface area (Å²) in [5.74, 6) is 2.55. The Morgan fingerprint density at radius 2 is 2.00 bits per heavy atom. The normalized spacial score (nSPS) is 19.9. The third-order valence-corrected chi connectivity index (χ3v) is 4.76. The van der Waals surface area contributed by atoms with E-state index in [1.807, 2.05) is 36.5 Å². The molecule has 1 rings (SSSR count). The molecule has 2 heteroatoms. The van der Waals surface area contributed by atoms with Crippen LogP contribution in [0.25, 0.3) is 0 Å². The maximum Gasteiger partial charge on any atom is 0.0751 e. The molecule has 1 saturated heterocycles. The van der Waals surface area contributed by atoms with Crippen LogP contribution in [0.1, 0.15) is 13.3 Å². The van der Waals surface area contributed by atoms with Gasteiger partial charge in [0.2, 0.25) is 0 Å². The highest BCUT2D eigenvalue weighted by Gasteiger charge is 2.16. The molecule has 0 bridgehead atoms. The first kappa shape index (κ1) is 11.0. The van der Waals surface area contributed by atoms with Crippen molar-refractivity contribution in [1.29, 1.82) is 0 Å². The summed E-state index contributed by atoms with van der Waals surface area (Å²) in [7, 11) is 0. The Labute approximate surface area is 89.6 Å². The summed E-state index contributed by atoms with van der Waals surface area (Å²) >= 11 is 4.04. The van der Waals surface area contributed by atoms with Crippen molar-refractivity contribution in [3.8, 4) is 0 Å². The van der Waals surface area contributed by atoms with E-state index in [4.69, 9.17) is 0 Å². The molecule has 1 heterocycles. The molecule has 72 valence electrons. The molecule has 0 aliphatic carbocycles. The Bertz CT molecular complexity index is 222. The Morgan fingerprint density at radius 3 is 2.46 bits per heavy atom. The molecule has 0 spiro atoms. The number of allylic oxidation sites excluding steroid dienone is 3. The molecular weight excluding hydrogens is 196 g/mol. The van der Waals surface area contributed by atoms with E-state index in [1.54, 1.807) is 0 Å². The quantitative estimate of drug-likeness (QED) is 0.651. The molecule has 0 unspecified atom stereocenters.